The maximum absolute atomic E-state index is 13.0. The van der Waals surface area contributed by atoms with Gasteiger partial charge in [0, 0.05) is 22.6 Å². The summed E-state index contributed by atoms with van der Waals surface area (Å²) in [5.41, 5.74) is 0.500. The molecule has 4 N–H and O–H groups in total. The number of fused-ring (bicyclic) bond motifs is 1. The number of carbonyl (C=O) groups excluding carboxylic acids is 1. The number of phenols is 2. The number of phenolic OH excluding ortho intramolecular Hbond substituents is 2. The molecule has 4 aliphatic rings. The quantitative estimate of drug-likeness (QED) is 0.485. The van der Waals surface area contributed by atoms with Crippen molar-refractivity contribution >= 4 is 5.97 Å². The third-order valence-corrected chi connectivity index (χ3v) is 7.00. The average Bonchev–Trinajstić information content (AvgIpc) is 2.59. The Morgan fingerprint density at radius 2 is 1.88 bits per heavy atom. The number of aliphatic hydroxyl groups excluding tert-OH is 2. The van der Waals surface area contributed by atoms with Gasteiger partial charge in [0.25, 0.3) is 0 Å². The summed E-state index contributed by atoms with van der Waals surface area (Å²) in [6.07, 6.45) is 2.68. The van der Waals surface area contributed by atoms with Crippen molar-refractivity contribution in [3.8, 4) is 11.5 Å². The minimum Gasteiger partial charge on any atom is -0.504 e. The van der Waals surface area contributed by atoms with Crippen LogP contribution in [0.5, 0.6) is 11.5 Å². The highest BCUT2D eigenvalue weighted by Gasteiger charge is 2.65. The Morgan fingerprint density at radius 1 is 1.19 bits per heavy atom. The van der Waals surface area contributed by atoms with E-state index in [1.807, 2.05) is 0 Å². The first-order valence-electron chi connectivity index (χ1n) is 9.30. The molecule has 2 aliphatic carbocycles. The largest absolute Gasteiger partial charge is 0.504 e. The van der Waals surface area contributed by atoms with Gasteiger partial charge in [0.2, 0.25) is 0 Å². The number of rotatable bonds is 3. The van der Waals surface area contributed by atoms with Crippen molar-refractivity contribution in [1.82, 2.24) is 0 Å². The maximum atomic E-state index is 13.0. The molecule has 1 saturated carbocycles. The molecule has 26 heavy (non-hydrogen) atoms. The number of aromatic hydroxyl groups is 2. The molecule has 6 heteroatoms. The zero-order chi connectivity index (χ0) is 18.9. The van der Waals surface area contributed by atoms with Crippen LogP contribution >= 0.6 is 0 Å². The normalized spacial score (nSPS) is 31.5. The first-order chi connectivity index (χ1) is 12.3. The predicted molar refractivity (Wildman–Crippen MR) is 92.9 cm³/mol. The third kappa shape index (κ3) is 2.03. The molecule has 0 radical (unpaired) electrons. The smallest absolute Gasteiger partial charge is 0.317 e. The Morgan fingerprint density at radius 3 is 2.54 bits per heavy atom. The molecule has 5 rings (SSSR count). The van der Waals surface area contributed by atoms with Crippen molar-refractivity contribution in [1.29, 1.82) is 0 Å². The number of hydrogen-bond donors (Lipinski definition) is 4. The number of benzene rings is 1. The van der Waals surface area contributed by atoms with Crippen LogP contribution in [0.15, 0.2) is 6.07 Å². The van der Waals surface area contributed by atoms with Crippen molar-refractivity contribution in [2.24, 2.45) is 11.3 Å². The molecule has 0 aromatic heterocycles. The van der Waals surface area contributed by atoms with E-state index in [4.69, 9.17) is 4.74 Å². The van der Waals surface area contributed by atoms with Gasteiger partial charge < -0.3 is 25.2 Å². The van der Waals surface area contributed by atoms with Gasteiger partial charge in [-0.15, -0.1) is 0 Å². The van der Waals surface area contributed by atoms with Crippen LogP contribution in [0.1, 0.15) is 68.2 Å². The molecule has 1 saturated heterocycles. The highest BCUT2D eigenvalue weighted by molar-refractivity contribution is 5.89. The minimum atomic E-state index is -0.931. The molecule has 2 fully saturated rings. The fourth-order valence-electron chi connectivity index (χ4n) is 5.68. The Labute approximate surface area is 152 Å². The summed E-state index contributed by atoms with van der Waals surface area (Å²) < 4.78 is 5.71. The highest BCUT2D eigenvalue weighted by atomic mass is 16.5. The highest BCUT2D eigenvalue weighted by Crippen LogP contribution is 2.66. The SMILES string of the molecule is CC1(C)CCC[C@@]23C(=O)O[C@@H](C[C@@H]12)c1cc(C(CO)CO)c(O)c(O)c13. The molecule has 3 atom stereocenters. The molecule has 1 aromatic carbocycles. The van der Waals surface area contributed by atoms with Crippen LogP contribution in [0.2, 0.25) is 0 Å². The molecule has 6 nitrogen and oxygen atoms in total. The lowest BCUT2D eigenvalue weighted by Gasteiger charge is -2.58. The summed E-state index contributed by atoms with van der Waals surface area (Å²) in [6, 6.07) is 1.69. The molecule has 0 amide bonds. The lowest BCUT2D eigenvalue weighted by atomic mass is 9.47. The summed E-state index contributed by atoms with van der Waals surface area (Å²) in [4.78, 5) is 13.0. The fourth-order valence-corrected chi connectivity index (χ4v) is 5.68. The van der Waals surface area contributed by atoms with Crippen molar-refractivity contribution in [2.75, 3.05) is 13.2 Å². The maximum Gasteiger partial charge on any atom is 0.317 e. The van der Waals surface area contributed by atoms with E-state index in [1.54, 1.807) is 6.07 Å². The van der Waals surface area contributed by atoms with E-state index in [1.165, 1.54) is 0 Å². The second-order valence-electron chi connectivity index (χ2n) is 8.69. The summed E-state index contributed by atoms with van der Waals surface area (Å²) in [5, 5.41) is 40.5. The van der Waals surface area contributed by atoms with Gasteiger partial charge in [0.15, 0.2) is 11.5 Å². The van der Waals surface area contributed by atoms with Gasteiger partial charge in [-0.05, 0) is 36.7 Å². The second kappa shape index (κ2) is 5.60. The number of hydrogen-bond acceptors (Lipinski definition) is 6. The van der Waals surface area contributed by atoms with Gasteiger partial charge in [-0.3, -0.25) is 4.79 Å². The summed E-state index contributed by atoms with van der Waals surface area (Å²) in [6.45, 7) is 3.61. The van der Waals surface area contributed by atoms with E-state index in [9.17, 15) is 25.2 Å². The molecular weight excluding hydrogens is 336 g/mol. The van der Waals surface area contributed by atoms with Crippen LogP contribution in [-0.4, -0.2) is 39.6 Å². The van der Waals surface area contributed by atoms with Crippen LogP contribution in [0.4, 0.5) is 0 Å². The van der Waals surface area contributed by atoms with E-state index in [2.05, 4.69) is 13.8 Å². The second-order valence-corrected chi connectivity index (χ2v) is 8.69. The van der Waals surface area contributed by atoms with Crippen LogP contribution in [0.3, 0.4) is 0 Å². The average molecular weight is 362 g/mol. The zero-order valence-corrected chi connectivity index (χ0v) is 15.2. The summed E-state index contributed by atoms with van der Waals surface area (Å²) >= 11 is 0. The van der Waals surface area contributed by atoms with Gasteiger partial charge in [-0.25, -0.2) is 0 Å². The van der Waals surface area contributed by atoms with Gasteiger partial charge in [-0.1, -0.05) is 20.3 Å². The number of ether oxygens (including phenoxy) is 1. The lowest BCUT2D eigenvalue weighted by molar-refractivity contribution is -0.185. The van der Waals surface area contributed by atoms with Crippen molar-refractivity contribution in [2.45, 2.75) is 57.0 Å². The minimum absolute atomic E-state index is 0.0464. The van der Waals surface area contributed by atoms with Gasteiger partial charge in [-0.2, -0.15) is 0 Å². The van der Waals surface area contributed by atoms with Crippen molar-refractivity contribution in [3.63, 3.8) is 0 Å². The Balaban J connectivity index is 1.97. The van der Waals surface area contributed by atoms with E-state index < -0.39 is 17.4 Å². The third-order valence-electron chi connectivity index (χ3n) is 7.00. The fraction of sp³-hybridized carbons (Fsp3) is 0.650. The Hall–Kier alpha value is -1.79. The Kier molecular flexibility index (Phi) is 3.80. The molecule has 1 spiro atoms. The molecular formula is C20H26O6. The van der Waals surface area contributed by atoms with Crippen molar-refractivity contribution < 1.29 is 30.0 Å². The number of carbonyl (C=O) groups is 1. The topological polar surface area (TPSA) is 107 Å². The van der Waals surface area contributed by atoms with Crippen molar-refractivity contribution in [3.05, 3.63) is 22.8 Å². The number of aliphatic hydroxyl groups is 2. The summed E-state index contributed by atoms with van der Waals surface area (Å²) in [5.74, 6) is -1.60. The molecule has 2 bridgehead atoms. The molecule has 2 heterocycles. The summed E-state index contributed by atoms with van der Waals surface area (Å²) in [7, 11) is 0. The Bertz CT molecular complexity index is 766. The standard InChI is InChI=1S/C20H26O6/c1-19(2)4-3-5-20-14(19)7-13(26-18(20)25)12-6-11(10(8-21)9-22)16(23)17(24)15(12)20/h6,10,13-14,21-24H,3-5,7-9H2,1-2H3/t13-,14-,20+/m0/s1. The van der Waals surface area contributed by atoms with Crippen LogP contribution in [0.25, 0.3) is 0 Å². The van der Waals surface area contributed by atoms with E-state index >= 15 is 0 Å². The van der Waals surface area contributed by atoms with Crippen LogP contribution < -0.4 is 0 Å². The number of esters is 1. The molecule has 2 aliphatic heterocycles. The molecule has 1 aromatic rings. The van der Waals surface area contributed by atoms with Gasteiger partial charge in [0.05, 0.1) is 13.2 Å². The van der Waals surface area contributed by atoms with E-state index in [-0.39, 0.29) is 47.6 Å². The molecule has 0 unspecified atom stereocenters. The van der Waals surface area contributed by atoms with Gasteiger partial charge in [0.1, 0.15) is 11.5 Å². The monoisotopic (exact) mass is 362 g/mol. The predicted octanol–water partition coefficient (Wildman–Crippen LogP) is 2.23. The lowest BCUT2D eigenvalue weighted by Crippen LogP contribution is -2.59. The van der Waals surface area contributed by atoms with Crippen LogP contribution in [-0.2, 0) is 14.9 Å². The van der Waals surface area contributed by atoms with Crippen LogP contribution in [0, 0.1) is 11.3 Å². The van der Waals surface area contributed by atoms with E-state index in [0.717, 1.165) is 12.8 Å². The van der Waals surface area contributed by atoms with Gasteiger partial charge >= 0.3 is 5.97 Å². The molecule has 142 valence electrons. The first-order valence-corrected chi connectivity index (χ1v) is 9.30. The first kappa shape index (κ1) is 17.6. The van der Waals surface area contributed by atoms with E-state index in [0.29, 0.717) is 24.0 Å². The zero-order valence-electron chi connectivity index (χ0n) is 15.2.